The van der Waals surface area contributed by atoms with Crippen molar-refractivity contribution >= 4 is 29.5 Å². The van der Waals surface area contributed by atoms with Crippen LogP contribution in [0, 0.1) is 5.41 Å². The highest BCUT2D eigenvalue weighted by molar-refractivity contribution is 5.94. The molecule has 0 atom stereocenters. The highest BCUT2D eigenvalue weighted by Crippen LogP contribution is 2.22. The number of nitrogens with one attached hydrogen (secondary N) is 3. The number of nitrogen functional groups attached to an aromatic ring is 2. The summed E-state index contributed by atoms with van der Waals surface area (Å²) in [4.78, 5) is 41.5. The summed E-state index contributed by atoms with van der Waals surface area (Å²) in [6, 6.07) is 11.6. The smallest absolute Gasteiger partial charge is 0.294 e. The van der Waals surface area contributed by atoms with E-state index in [0.29, 0.717) is 34.4 Å². The van der Waals surface area contributed by atoms with E-state index in [2.05, 4.69) is 15.6 Å². The maximum Gasteiger partial charge on any atom is 0.294 e. The minimum Gasteiger partial charge on any atom is -0.399 e. The average molecular weight is 462 g/mol. The number of hydrogen-bond donors (Lipinski definition) is 5. The number of amidine groups is 1. The van der Waals surface area contributed by atoms with Gasteiger partial charge in [-0.2, -0.15) is 0 Å². The molecule has 2 aromatic carbocycles. The molecule has 0 bridgehead atoms. The van der Waals surface area contributed by atoms with Crippen LogP contribution in [0.2, 0.25) is 0 Å². The number of nitrogens with two attached hydrogens (primary N) is 2. The van der Waals surface area contributed by atoms with Crippen LogP contribution in [0.25, 0.3) is 11.3 Å². The number of anilines is 2. The van der Waals surface area contributed by atoms with E-state index < -0.39 is 5.56 Å². The lowest BCUT2D eigenvalue weighted by Gasteiger charge is -2.16. The van der Waals surface area contributed by atoms with Crippen LogP contribution >= 0.6 is 0 Å². The van der Waals surface area contributed by atoms with Gasteiger partial charge in [-0.15, -0.1) is 0 Å². The molecule has 0 aliphatic carbocycles. The highest BCUT2D eigenvalue weighted by atomic mass is 16.2. The number of carbonyl (C=O) groups excluding carboxylic acids is 2. The van der Waals surface area contributed by atoms with Gasteiger partial charge in [0.15, 0.2) is 5.82 Å². The predicted octanol–water partition coefficient (Wildman–Crippen LogP) is 1.73. The fourth-order valence-corrected chi connectivity index (χ4v) is 3.34. The second kappa shape index (κ2) is 10.4. The van der Waals surface area contributed by atoms with E-state index in [1.54, 1.807) is 36.4 Å². The standard InChI is InChI=1S/C24H27N7O3/c1-14(2)30-23-24(34)31(20(11-29-23)18-7-16(13-32)8-19(25)9-18)12-21(33)28-10-15-3-5-17(6-4-15)22(26)27/h3-9,11,13-14H,10,12,25H2,1-2H3,(H3,26,27)(H,28,33)(H,29,30). The zero-order valence-electron chi connectivity index (χ0n) is 19.0. The van der Waals surface area contributed by atoms with E-state index in [4.69, 9.17) is 16.9 Å². The summed E-state index contributed by atoms with van der Waals surface area (Å²) in [6.07, 6.45) is 2.14. The van der Waals surface area contributed by atoms with Crippen LogP contribution in [-0.4, -0.2) is 33.6 Å². The lowest BCUT2D eigenvalue weighted by Crippen LogP contribution is -2.35. The molecule has 0 aliphatic heterocycles. The van der Waals surface area contributed by atoms with Crippen LogP contribution < -0.4 is 27.7 Å². The van der Waals surface area contributed by atoms with Gasteiger partial charge >= 0.3 is 0 Å². The molecule has 7 N–H and O–H groups in total. The van der Waals surface area contributed by atoms with Crippen molar-refractivity contribution in [1.82, 2.24) is 14.9 Å². The van der Waals surface area contributed by atoms with Gasteiger partial charge in [0.05, 0.1) is 11.9 Å². The minimum atomic E-state index is -0.470. The summed E-state index contributed by atoms with van der Waals surface area (Å²) < 4.78 is 1.30. The molecular formula is C24H27N7O3. The Labute approximate surface area is 196 Å². The molecule has 10 nitrogen and oxygen atoms in total. The maximum absolute atomic E-state index is 13.2. The molecule has 1 heterocycles. The fourth-order valence-electron chi connectivity index (χ4n) is 3.34. The number of aromatic nitrogens is 2. The normalized spacial score (nSPS) is 10.7. The summed E-state index contributed by atoms with van der Waals surface area (Å²) in [7, 11) is 0. The van der Waals surface area contributed by atoms with Gasteiger partial charge in [0, 0.05) is 35.0 Å². The molecule has 176 valence electrons. The highest BCUT2D eigenvalue weighted by Gasteiger charge is 2.16. The van der Waals surface area contributed by atoms with Crippen molar-refractivity contribution in [2.24, 2.45) is 5.73 Å². The van der Waals surface area contributed by atoms with Crippen molar-refractivity contribution in [2.75, 3.05) is 11.1 Å². The topological polar surface area (TPSA) is 169 Å². The van der Waals surface area contributed by atoms with Crippen LogP contribution in [0.15, 0.2) is 53.5 Å². The first-order chi connectivity index (χ1) is 16.2. The number of aldehydes is 1. The Balaban J connectivity index is 1.90. The van der Waals surface area contributed by atoms with Crippen molar-refractivity contribution in [3.05, 3.63) is 75.7 Å². The molecule has 34 heavy (non-hydrogen) atoms. The van der Waals surface area contributed by atoms with Crippen molar-refractivity contribution in [3.8, 4) is 11.3 Å². The second-order valence-corrected chi connectivity index (χ2v) is 8.08. The van der Waals surface area contributed by atoms with Crippen molar-refractivity contribution in [1.29, 1.82) is 5.41 Å². The van der Waals surface area contributed by atoms with E-state index in [0.717, 1.165) is 5.56 Å². The Hall–Kier alpha value is -4.47. The SMILES string of the molecule is CC(C)Nc1ncc(-c2cc(N)cc(C=O)c2)n(CC(=O)NCc2ccc(C(=N)N)cc2)c1=O. The summed E-state index contributed by atoms with van der Waals surface area (Å²) in [5, 5.41) is 13.2. The molecule has 0 spiro atoms. The predicted molar refractivity (Wildman–Crippen MR) is 132 cm³/mol. The van der Waals surface area contributed by atoms with E-state index in [1.165, 1.54) is 16.8 Å². The summed E-state index contributed by atoms with van der Waals surface area (Å²) >= 11 is 0. The van der Waals surface area contributed by atoms with E-state index in [-0.39, 0.29) is 36.7 Å². The summed E-state index contributed by atoms with van der Waals surface area (Å²) in [6.45, 7) is 3.71. The van der Waals surface area contributed by atoms with Gasteiger partial charge in [-0.05, 0) is 37.6 Å². The third kappa shape index (κ3) is 5.85. The summed E-state index contributed by atoms with van der Waals surface area (Å²) in [5.41, 5.74) is 13.9. The van der Waals surface area contributed by atoms with E-state index >= 15 is 0 Å². The van der Waals surface area contributed by atoms with Crippen LogP contribution in [-0.2, 0) is 17.9 Å². The average Bonchev–Trinajstić information content (AvgIpc) is 2.79. The second-order valence-electron chi connectivity index (χ2n) is 8.08. The molecule has 3 aromatic rings. The van der Waals surface area contributed by atoms with E-state index in [1.807, 2.05) is 13.8 Å². The Morgan fingerprint density at radius 2 is 1.91 bits per heavy atom. The molecule has 0 aliphatic rings. The lowest BCUT2D eigenvalue weighted by atomic mass is 10.1. The maximum atomic E-state index is 13.2. The Kier molecular flexibility index (Phi) is 7.42. The van der Waals surface area contributed by atoms with Crippen molar-refractivity contribution in [3.63, 3.8) is 0 Å². The molecule has 1 amide bonds. The van der Waals surface area contributed by atoms with Gasteiger partial charge in [-0.25, -0.2) is 4.98 Å². The number of nitrogens with zero attached hydrogens (tertiary/aromatic N) is 2. The van der Waals surface area contributed by atoms with Gasteiger partial charge < -0.3 is 22.1 Å². The zero-order chi connectivity index (χ0) is 24.8. The Bertz CT molecular complexity index is 1280. The quantitative estimate of drug-likeness (QED) is 0.140. The van der Waals surface area contributed by atoms with E-state index in [9.17, 15) is 14.4 Å². The fraction of sp³-hybridized carbons (Fsp3) is 0.208. The summed E-state index contributed by atoms with van der Waals surface area (Å²) in [5.74, 6) is -0.309. The van der Waals surface area contributed by atoms with Crippen molar-refractivity contribution in [2.45, 2.75) is 33.0 Å². The Morgan fingerprint density at radius 1 is 1.21 bits per heavy atom. The van der Waals surface area contributed by atoms with Crippen LogP contribution in [0.5, 0.6) is 0 Å². The van der Waals surface area contributed by atoms with Crippen LogP contribution in [0.3, 0.4) is 0 Å². The monoisotopic (exact) mass is 461 g/mol. The Morgan fingerprint density at radius 3 is 2.53 bits per heavy atom. The molecule has 3 rings (SSSR count). The molecule has 0 saturated heterocycles. The molecular weight excluding hydrogens is 434 g/mol. The third-order valence-corrected chi connectivity index (χ3v) is 4.95. The first-order valence-corrected chi connectivity index (χ1v) is 10.6. The first kappa shape index (κ1) is 24.2. The molecule has 1 aromatic heterocycles. The van der Waals surface area contributed by atoms with Crippen LogP contribution in [0.1, 0.15) is 35.3 Å². The molecule has 0 unspecified atom stereocenters. The van der Waals surface area contributed by atoms with Gasteiger partial charge in [0.1, 0.15) is 18.7 Å². The van der Waals surface area contributed by atoms with Crippen LogP contribution in [0.4, 0.5) is 11.5 Å². The number of amides is 1. The van der Waals surface area contributed by atoms with Gasteiger partial charge in [-0.3, -0.25) is 24.4 Å². The number of rotatable bonds is 9. The van der Waals surface area contributed by atoms with Gasteiger partial charge in [-0.1, -0.05) is 24.3 Å². The number of hydrogen-bond acceptors (Lipinski definition) is 7. The number of carbonyl (C=O) groups is 2. The molecule has 0 fully saturated rings. The molecule has 10 heteroatoms. The molecule has 0 saturated carbocycles. The van der Waals surface area contributed by atoms with Gasteiger partial charge in [0.2, 0.25) is 5.91 Å². The first-order valence-electron chi connectivity index (χ1n) is 10.6. The van der Waals surface area contributed by atoms with Crippen molar-refractivity contribution < 1.29 is 9.59 Å². The zero-order valence-corrected chi connectivity index (χ0v) is 19.0. The van der Waals surface area contributed by atoms with Gasteiger partial charge in [0.25, 0.3) is 5.56 Å². The minimum absolute atomic E-state index is 0.0368. The number of benzene rings is 2. The largest absolute Gasteiger partial charge is 0.399 e. The molecule has 0 radical (unpaired) electrons. The lowest BCUT2D eigenvalue weighted by molar-refractivity contribution is -0.121. The third-order valence-electron chi connectivity index (χ3n) is 4.95.